The van der Waals surface area contributed by atoms with E-state index in [1.807, 2.05) is 19.9 Å². The Morgan fingerprint density at radius 3 is 2.43 bits per heavy atom. The van der Waals surface area contributed by atoms with E-state index in [2.05, 4.69) is 5.32 Å². The van der Waals surface area contributed by atoms with Crippen LogP contribution in [-0.2, 0) is 12.8 Å². The lowest BCUT2D eigenvalue weighted by atomic mass is 9.96. The molecule has 2 aromatic carbocycles. The smallest absolute Gasteiger partial charge is 0.126 e. The molecule has 0 aliphatic rings. The van der Waals surface area contributed by atoms with Gasteiger partial charge in [0, 0.05) is 6.04 Å². The van der Waals surface area contributed by atoms with Gasteiger partial charge in [-0.15, -0.1) is 0 Å². The lowest BCUT2D eigenvalue weighted by molar-refractivity contribution is 0.503. The molecular weight excluding hydrogens is 268 g/mol. The van der Waals surface area contributed by atoms with Gasteiger partial charge in [0.15, 0.2) is 0 Å². The fraction of sp³-hybridized carbons (Fsp3) is 0.333. The molecule has 0 saturated heterocycles. The van der Waals surface area contributed by atoms with Crippen molar-refractivity contribution in [2.75, 3.05) is 6.54 Å². The number of rotatable bonds is 6. The van der Waals surface area contributed by atoms with Crippen LogP contribution in [0.5, 0.6) is 0 Å². The monoisotopic (exact) mass is 289 g/mol. The maximum atomic E-state index is 13.8. The summed E-state index contributed by atoms with van der Waals surface area (Å²) in [4.78, 5) is 0. The Morgan fingerprint density at radius 1 is 1.00 bits per heavy atom. The third-order valence-corrected chi connectivity index (χ3v) is 3.69. The van der Waals surface area contributed by atoms with Crippen molar-refractivity contribution in [3.05, 3.63) is 70.8 Å². The minimum Gasteiger partial charge on any atom is -0.314 e. The maximum absolute atomic E-state index is 13.8. The van der Waals surface area contributed by atoms with Crippen LogP contribution in [0, 0.1) is 18.6 Å². The number of hydrogen-bond donors (Lipinski definition) is 1. The third-order valence-electron chi connectivity index (χ3n) is 3.69. The van der Waals surface area contributed by atoms with Gasteiger partial charge in [0.25, 0.3) is 0 Å². The van der Waals surface area contributed by atoms with E-state index in [0.717, 1.165) is 17.7 Å². The standard InChI is InChI=1S/C18H21F2N/c1-3-21-17(11-14-6-4-5-7-18(14)20)12-15-10-16(19)9-8-13(15)2/h4-10,17,21H,3,11-12H2,1-2H3. The Hall–Kier alpha value is -1.74. The van der Waals surface area contributed by atoms with Crippen LogP contribution in [-0.4, -0.2) is 12.6 Å². The van der Waals surface area contributed by atoms with Crippen molar-refractivity contribution < 1.29 is 8.78 Å². The number of halogens is 2. The van der Waals surface area contributed by atoms with Gasteiger partial charge < -0.3 is 5.32 Å². The van der Waals surface area contributed by atoms with Gasteiger partial charge in [0.2, 0.25) is 0 Å². The van der Waals surface area contributed by atoms with E-state index < -0.39 is 0 Å². The molecule has 21 heavy (non-hydrogen) atoms. The third kappa shape index (κ3) is 4.36. The number of hydrogen-bond acceptors (Lipinski definition) is 1. The quantitative estimate of drug-likeness (QED) is 0.846. The molecule has 2 rings (SSSR count). The van der Waals surface area contributed by atoms with Crippen molar-refractivity contribution in [2.24, 2.45) is 0 Å². The minimum absolute atomic E-state index is 0.0902. The van der Waals surface area contributed by atoms with Crippen molar-refractivity contribution in [2.45, 2.75) is 32.7 Å². The first-order valence-electron chi connectivity index (χ1n) is 7.32. The van der Waals surface area contributed by atoms with E-state index >= 15 is 0 Å². The van der Waals surface area contributed by atoms with Crippen LogP contribution in [0.25, 0.3) is 0 Å². The summed E-state index contributed by atoms with van der Waals surface area (Å²) in [5.74, 6) is -0.409. The second kappa shape index (κ2) is 7.32. The zero-order chi connectivity index (χ0) is 15.2. The zero-order valence-electron chi connectivity index (χ0n) is 12.5. The average Bonchev–Trinajstić information content (AvgIpc) is 2.45. The molecule has 0 fully saturated rings. The zero-order valence-corrected chi connectivity index (χ0v) is 12.5. The molecule has 3 heteroatoms. The highest BCUT2D eigenvalue weighted by molar-refractivity contribution is 5.28. The summed E-state index contributed by atoms with van der Waals surface area (Å²) in [6, 6.07) is 11.7. The summed E-state index contributed by atoms with van der Waals surface area (Å²) in [5, 5.41) is 3.36. The van der Waals surface area contributed by atoms with E-state index in [1.165, 1.54) is 12.1 Å². The first-order chi connectivity index (χ1) is 10.1. The highest BCUT2D eigenvalue weighted by Crippen LogP contribution is 2.16. The van der Waals surface area contributed by atoms with Crippen molar-refractivity contribution in [3.63, 3.8) is 0 Å². The Bertz CT molecular complexity index is 596. The average molecular weight is 289 g/mol. The van der Waals surface area contributed by atoms with E-state index in [-0.39, 0.29) is 17.7 Å². The van der Waals surface area contributed by atoms with Crippen molar-refractivity contribution in [3.8, 4) is 0 Å². The molecular formula is C18H21F2N. The van der Waals surface area contributed by atoms with Gasteiger partial charge in [-0.1, -0.05) is 31.2 Å². The molecule has 0 aliphatic heterocycles. The van der Waals surface area contributed by atoms with E-state index in [4.69, 9.17) is 0 Å². The van der Waals surface area contributed by atoms with Crippen LogP contribution in [0.2, 0.25) is 0 Å². The fourth-order valence-electron chi connectivity index (χ4n) is 2.56. The molecule has 0 bridgehead atoms. The molecule has 0 amide bonds. The molecule has 0 aromatic heterocycles. The second-order valence-corrected chi connectivity index (χ2v) is 5.33. The highest BCUT2D eigenvalue weighted by Gasteiger charge is 2.13. The first-order valence-corrected chi connectivity index (χ1v) is 7.32. The van der Waals surface area contributed by atoms with Gasteiger partial charge in [0.1, 0.15) is 11.6 Å². The van der Waals surface area contributed by atoms with E-state index in [9.17, 15) is 8.78 Å². The number of benzene rings is 2. The number of nitrogens with one attached hydrogen (secondary N) is 1. The van der Waals surface area contributed by atoms with Crippen molar-refractivity contribution >= 4 is 0 Å². The summed E-state index contributed by atoms with van der Waals surface area (Å²) < 4.78 is 27.2. The van der Waals surface area contributed by atoms with Gasteiger partial charge in [-0.2, -0.15) is 0 Å². The Morgan fingerprint density at radius 2 is 1.71 bits per heavy atom. The summed E-state index contributed by atoms with van der Waals surface area (Å²) in [6.07, 6.45) is 1.28. The van der Waals surface area contributed by atoms with Crippen LogP contribution in [0.15, 0.2) is 42.5 Å². The molecule has 0 aliphatic carbocycles. The minimum atomic E-state index is -0.225. The Balaban J connectivity index is 2.16. The number of aryl methyl sites for hydroxylation is 1. The lowest BCUT2D eigenvalue weighted by Gasteiger charge is -2.19. The van der Waals surface area contributed by atoms with Crippen molar-refractivity contribution in [1.29, 1.82) is 0 Å². The second-order valence-electron chi connectivity index (χ2n) is 5.33. The van der Waals surface area contributed by atoms with E-state index in [1.54, 1.807) is 24.3 Å². The fourth-order valence-corrected chi connectivity index (χ4v) is 2.56. The summed E-state index contributed by atoms with van der Waals surface area (Å²) in [5.41, 5.74) is 2.72. The van der Waals surface area contributed by atoms with Crippen LogP contribution in [0.3, 0.4) is 0 Å². The molecule has 0 radical (unpaired) electrons. The molecule has 1 N–H and O–H groups in total. The van der Waals surface area contributed by atoms with Gasteiger partial charge in [0.05, 0.1) is 0 Å². The highest BCUT2D eigenvalue weighted by atomic mass is 19.1. The predicted octanol–water partition coefficient (Wildman–Crippen LogP) is 4.04. The van der Waals surface area contributed by atoms with Crippen LogP contribution in [0.4, 0.5) is 8.78 Å². The Kier molecular flexibility index (Phi) is 5.45. The van der Waals surface area contributed by atoms with Crippen LogP contribution >= 0.6 is 0 Å². The molecule has 0 saturated carbocycles. The molecule has 1 atom stereocenters. The maximum Gasteiger partial charge on any atom is 0.126 e. The van der Waals surface area contributed by atoms with Gasteiger partial charge >= 0.3 is 0 Å². The van der Waals surface area contributed by atoms with Crippen LogP contribution < -0.4 is 5.32 Å². The molecule has 1 nitrogen and oxygen atoms in total. The van der Waals surface area contributed by atoms with Crippen LogP contribution in [0.1, 0.15) is 23.6 Å². The predicted molar refractivity (Wildman–Crippen MR) is 82.4 cm³/mol. The normalized spacial score (nSPS) is 12.4. The molecule has 0 spiro atoms. The SMILES string of the molecule is CCNC(Cc1cc(F)ccc1C)Cc1ccccc1F. The number of likely N-dealkylation sites (N-methyl/N-ethyl adjacent to an activating group) is 1. The molecule has 2 aromatic rings. The summed E-state index contributed by atoms with van der Waals surface area (Å²) >= 11 is 0. The summed E-state index contributed by atoms with van der Waals surface area (Å²) in [7, 11) is 0. The van der Waals surface area contributed by atoms with Crippen molar-refractivity contribution in [1.82, 2.24) is 5.32 Å². The van der Waals surface area contributed by atoms with Gasteiger partial charge in [-0.25, -0.2) is 8.78 Å². The van der Waals surface area contributed by atoms with Gasteiger partial charge in [-0.3, -0.25) is 0 Å². The summed E-state index contributed by atoms with van der Waals surface area (Å²) in [6.45, 7) is 4.79. The molecule has 1 unspecified atom stereocenters. The lowest BCUT2D eigenvalue weighted by Crippen LogP contribution is -2.33. The Labute approximate surface area is 125 Å². The first kappa shape index (κ1) is 15.6. The topological polar surface area (TPSA) is 12.0 Å². The molecule has 112 valence electrons. The largest absolute Gasteiger partial charge is 0.314 e. The van der Waals surface area contributed by atoms with E-state index in [0.29, 0.717) is 18.4 Å². The molecule has 0 heterocycles. The van der Waals surface area contributed by atoms with Gasteiger partial charge in [-0.05, 0) is 61.2 Å².